The molecule has 0 radical (unpaired) electrons. The number of hydrogen-bond acceptors (Lipinski definition) is 5. The van der Waals surface area contributed by atoms with Gasteiger partial charge in [0.25, 0.3) is 5.91 Å². The summed E-state index contributed by atoms with van der Waals surface area (Å²) in [5, 5.41) is 3.10. The van der Waals surface area contributed by atoms with Crippen molar-refractivity contribution in [1.82, 2.24) is 10.0 Å². The largest absolute Gasteiger partial charge is 0.491 e. The summed E-state index contributed by atoms with van der Waals surface area (Å²) >= 11 is 0. The molecule has 9 heteroatoms. The zero-order valence-corrected chi connectivity index (χ0v) is 17.9. The molecule has 0 unspecified atom stereocenters. The van der Waals surface area contributed by atoms with Crippen LogP contribution in [0.2, 0.25) is 0 Å². The van der Waals surface area contributed by atoms with Gasteiger partial charge in [-0.05, 0) is 50.2 Å². The van der Waals surface area contributed by atoms with Crippen LogP contribution in [0.5, 0.6) is 5.75 Å². The number of nitrogens with one attached hydrogen (secondary N) is 2. The van der Waals surface area contributed by atoms with E-state index in [1.54, 1.807) is 12.1 Å². The number of carbonyl (C=O) groups is 1. The smallest absolute Gasteiger partial charge is 0.255 e. The van der Waals surface area contributed by atoms with Crippen LogP contribution >= 0.6 is 0 Å². The Morgan fingerprint density at radius 2 is 1.87 bits per heavy atom. The van der Waals surface area contributed by atoms with Crippen molar-refractivity contribution >= 4 is 26.9 Å². The Bertz CT molecular complexity index is 1180. The fourth-order valence-corrected chi connectivity index (χ4v) is 3.45. The molecule has 1 aromatic heterocycles. The minimum absolute atomic E-state index is 0.00127. The topological polar surface area (TPSA) is 97.6 Å². The Labute approximate surface area is 174 Å². The molecule has 0 fully saturated rings. The predicted molar refractivity (Wildman–Crippen MR) is 112 cm³/mol. The molecule has 0 bridgehead atoms. The van der Waals surface area contributed by atoms with Crippen molar-refractivity contribution in [3.63, 3.8) is 0 Å². The van der Waals surface area contributed by atoms with Gasteiger partial charge in [-0.15, -0.1) is 0 Å². The number of sulfonamides is 1. The maximum Gasteiger partial charge on any atom is 0.255 e. The lowest BCUT2D eigenvalue weighted by Crippen LogP contribution is -2.22. The van der Waals surface area contributed by atoms with Gasteiger partial charge in [0.15, 0.2) is 0 Å². The van der Waals surface area contributed by atoms with Crippen LogP contribution in [0.4, 0.5) is 4.39 Å². The van der Waals surface area contributed by atoms with Gasteiger partial charge in [-0.2, -0.15) is 0 Å². The molecule has 0 spiro atoms. The lowest BCUT2D eigenvalue weighted by molar-refractivity contribution is 0.0964. The molecule has 7 nitrogen and oxygen atoms in total. The summed E-state index contributed by atoms with van der Waals surface area (Å²) in [6.45, 7) is 3.69. The molecule has 0 atom stereocenters. The van der Waals surface area contributed by atoms with Crippen LogP contribution in [0, 0.1) is 5.82 Å². The van der Waals surface area contributed by atoms with Crippen molar-refractivity contribution in [2.24, 2.45) is 0 Å². The summed E-state index contributed by atoms with van der Waals surface area (Å²) in [7, 11) is -1.92. The number of carbonyl (C=O) groups excluding carboxylic acids is 1. The quantitative estimate of drug-likeness (QED) is 0.594. The average molecular weight is 434 g/mol. The fourth-order valence-electron chi connectivity index (χ4n) is 3.03. The van der Waals surface area contributed by atoms with Crippen molar-refractivity contribution in [2.75, 3.05) is 13.3 Å². The molecule has 0 aliphatic heterocycles. The minimum atomic E-state index is -3.42. The normalized spacial score (nSPS) is 11.8. The maximum atomic E-state index is 13.4. The van der Waals surface area contributed by atoms with Crippen LogP contribution < -0.4 is 14.8 Å². The Hall–Kier alpha value is -2.91. The highest BCUT2D eigenvalue weighted by atomic mass is 32.2. The molecule has 0 saturated carbocycles. The number of rotatable bonds is 7. The average Bonchev–Trinajstić information content (AvgIpc) is 3.03. The van der Waals surface area contributed by atoms with E-state index in [0.29, 0.717) is 27.8 Å². The number of ether oxygens (including phenoxy) is 1. The van der Waals surface area contributed by atoms with E-state index < -0.39 is 15.8 Å². The molecular weight excluding hydrogens is 411 g/mol. The Balaban J connectivity index is 2.23. The van der Waals surface area contributed by atoms with Crippen LogP contribution in [0.1, 0.15) is 29.8 Å². The number of furan rings is 1. The van der Waals surface area contributed by atoms with Crippen molar-refractivity contribution in [3.05, 3.63) is 53.3 Å². The van der Waals surface area contributed by atoms with Gasteiger partial charge in [0.05, 0.1) is 17.9 Å². The first-order chi connectivity index (χ1) is 14.1. The number of amides is 1. The SMILES string of the molecule is CNC(=O)c1c(-c2ccc(F)cc2)oc2cc(CNS(C)(=O)=O)c(OC(C)C)cc12. The zero-order valence-electron chi connectivity index (χ0n) is 17.1. The monoisotopic (exact) mass is 434 g/mol. The Morgan fingerprint density at radius 1 is 1.20 bits per heavy atom. The van der Waals surface area contributed by atoms with E-state index in [4.69, 9.17) is 9.15 Å². The first kappa shape index (κ1) is 21.8. The minimum Gasteiger partial charge on any atom is -0.491 e. The molecule has 30 heavy (non-hydrogen) atoms. The molecule has 0 saturated heterocycles. The number of halogens is 1. The van der Waals surface area contributed by atoms with Crippen molar-refractivity contribution < 1.29 is 26.8 Å². The molecule has 2 aromatic carbocycles. The van der Waals surface area contributed by atoms with Gasteiger partial charge in [-0.1, -0.05) is 0 Å². The van der Waals surface area contributed by atoms with Crippen LogP contribution in [0.25, 0.3) is 22.3 Å². The van der Waals surface area contributed by atoms with Crippen LogP contribution in [0.3, 0.4) is 0 Å². The first-order valence-electron chi connectivity index (χ1n) is 9.27. The third kappa shape index (κ3) is 4.80. The van der Waals surface area contributed by atoms with Crippen LogP contribution in [-0.2, 0) is 16.6 Å². The first-order valence-corrected chi connectivity index (χ1v) is 11.2. The van der Waals surface area contributed by atoms with E-state index in [2.05, 4.69) is 10.0 Å². The van der Waals surface area contributed by atoms with Gasteiger partial charge >= 0.3 is 0 Å². The molecule has 0 aliphatic carbocycles. The van der Waals surface area contributed by atoms with Gasteiger partial charge < -0.3 is 14.5 Å². The van der Waals surface area contributed by atoms with E-state index in [0.717, 1.165) is 6.26 Å². The van der Waals surface area contributed by atoms with Gasteiger partial charge in [0.1, 0.15) is 22.9 Å². The highest BCUT2D eigenvalue weighted by molar-refractivity contribution is 7.88. The fraction of sp³-hybridized carbons (Fsp3) is 0.286. The standard InChI is InChI=1S/C21H23FN2O5S/c1-12(2)28-17-10-16-18(9-14(17)11-24-30(4,26)27)29-20(19(16)21(25)23-3)13-5-7-15(22)8-6-13/h5-10,12,24H,11H2,1-4H3,(H,23,25). The van der Waals surface area contributed by atoms with E-state index in [-0.39, 0.29) is 29.9 Å². The molecule has 1 heterocycles. The van der Waals surface area contributed by atoms with E-state index in [9.17, 15) is 17.6 Å². The second-order valence-electron chi connectivity index (χ2n) is 7.11. The Kier molecular flexibility index (Phi) is 6.14. The highest BCUT2D eigenvalue weighted by Gasteiger charge is 2.24. The molecule has 0 aliphatic rings. The molecule has 3 rings (SSSR count). The summed E-state index contributed by atoms with van der Waals surface area (Å²) in [4.78, 5) is 12.6. The van der Waals surface area contributed by atoms with Gasteiger partial charge in [0, 0.05) is 30.1 Å². The van der Waals surface area contributed by atoms with Crippen LogP contribution in [-0.4, -0.2) is 33.7 Å². The summed E-state index contributed by atoms with van der Waals surface area (Å²) in [5.41, 5.74) is 1.77. The molecular formula is C21H23FN2O5S. The third-order valence-electron chi connectivity index (χ3n) is 4.32. The van der Waals surface area contributed by atoms with Crippen molar-refractivity contribution in [3.8, 4) is 17.1 Å². The van der Waals surface area contributed by atoms with Gasteiger partial charge in [-0.3, -0.25) is 4.79 Å². The maximum absolute atomic E-state index is 13.4. The second-order valence-corrected chi connectivity index (χ2v) is 8.94. The summed E-state index contributed by atoms with van der Waals surface area (Å²) < 4.78 is 50.7. The van der Waals surface area contributed by atoms with Gasteiger partial charge in [0.2, 0.25) is 10.0 Å². The third-order valence-corrected chi connectivity index (χ3v) is 4.99. The summed E-state index contributed by atoms with van der Waals surface area (Å²) in [6, 6.07) is 8.92. The Morgan fingerprint density at radius 3 is 2.43 bits per heavy atom. The van der Waals surface area contributed by atoms with Crippen molar-refractivity contribution in [2.45, 2.75) is 26.5 Å². The highest BCUT2D eigenvalue weighted by Crippen LogP contribution is 2.37. The van der Waals surface area contributed by atoms with E-state index in [1.165, 1.54) is 31.3 Å². The summed E-state index contributed by atoms with van der Waals surface area (Å²) in [5.74, 6) is -0.0537. The van der Waals surface area contributed by atoms with Crippen molar-refractivity contribution in [1.29, 1.82) is 0 Å². The van der Waals surface area contributed by atoms with E-state index in [1.807, 2.05) is 13.8 Å². The second kappa shape index (κ2) is 8.45. The summed E-state index contributed by atoms with van der Waals surface area (Å²) in [6.07, 6.45) is 0.893. The van der Waals surface area contributed by atoms with Gasteiger partial charge in [-0.25, -0.2) is 17.5 Å². The van der Waals surface area contributed by atoms with Crippen LogP contribution in [0.15, 0.2) is 40.8 Å². The van der Waals surface area contributed by atoms with E-state index >= 15 is 0 Å². The number of benzene rings is 2. The molecule has 3 aromatic rings. The predicted octanol–water partition coefficient (Wildman–Crippen LogP) is 3.43. The number of hydrogen-bond donors (Lipinski definition) is 2. The lowest BCUT2D eigenvalue weighted by Gasteiger charge is -2.15. The zero-order chi connectivity index (χ0) is 22.1. The molecule has 160 valence electrons. The molecule has 1 amide bonds. The molecule has 2 N–H and O–H groups in total. The lowest BCUT2D eigenvalue weighted by atomic mass is 10.0. The number of fused-ring (bicyclic) bond motifs is 1.